The van der Waals surface area contributed by atoms with Gasteiger partial charge in [-0.1, -0.05) is 36.4 Å². The molecule has 0 radical (unpaired) electrons. The lowest BCUT2D eigenvalue weighted by Crippen LogP contribution is -2.60. The normalized spacial score (nSPS) is 24.6. The third-order valence-corrected chi connectivity index (χ3v) is 14.0. The Balaban J connectivity index is 0.710. The molecule has 0 saturated carbocycles. The molecule has 10 nitrogen and oxygen atoms in total. The van der Waals surface area contributed by atoms with Crippen molar-refractivity contribution in [3.63, 3.8) is 0 Å². The number of phenolic OH excluding ortho intramolecular Hbond substituents is 1. The standard InChI is InChI=1S/C47H50FN5O5/c48-40-4-2-1-3-37(40)39-27-58-42-24-35(54)10-12-38(42)44(39)31-5-7-33(8-6-31)51-19-15-30(16-20-51)25-50-21-17-47(18-22-50)28-52(29-47)34-9-11-36-32(23-34)26-53(46(36)57)41-13-14-43(55)49-45(41)56/h1-12,23-24,30,39,41,44,54H,13-22,25-29H2,(H,49,55,56)/t39-,41?,44-/m1/s1. The Labute approximate surface area is 338 Å². The fourth-order valence-electron chi connectivity index (χ4n) is 10.7. The molecule has 0 aromatic heterocycles. The number of ether oxygens (including phenoxy) is 1. The van der Waals surface area contributed by atoms with E-state index in [-0.39, 0.29) is 47.5 Å². The number of hydrogen-bond acceptors (Lipinski definition) is 8. The number of imide groups is 1. The lowest BCUT2D eigenvalue weighted by molar-refractivity contribution is -0.136. The highest BCUT2D eigenvalue weighted by Gasteiger charge is 2.46. The number of hydrogen-bond donors (Lipinski definition) is 2. The maximum Gasteiger partial charge on any atom is 0.255 e. The highest BCUT2D eigenvalue weighted by Crippen LogP contribution is 2.48. The van der Waals surface area contributed by atoms with E-state index in [4.69, 9.17) is 4.74 Å². The lowest BCUT2D eigenvalue weighted by atomic mass is 9.71. The summed E-state index contributed by atoms with van der Waals surface area (Å²) in [5.74, 6) is 0.220. The molecule has 4 fully saturated rings. The zero-order chi connectivity index (χ0) is 39.5. The molecule has 0 aliphatic carbocycles. The van der Waals surface area contributed by atoms with E-state index in [1.807, 2.05) is 24.3 Å². The summed E-state index contributed by atoms with van der Waals surface area (Å²) < 4.78 is 21.2. The predicted octanol–water partition coefficient (Wildman–Crippen LogP) is 6.42. The van der Waals surface area contributed by atoms with Gasteiger partial charge in [-0.05, 0) is 110 Å². The number of carbonyl (C=O) groups is 3. The molecular weight excluding hydrogens is 734 g/mol. The topological polar surface area (TPSA) is 106 Å². The van der Waals surface area contributed by atoms with Crippen molar-refractivity contribution in [3.05, 3.63) is 119 Å². The molecule has 3 amide bonds. The van der Waals surface area contributed by atoms with Gasteiger partial charge in [-0.15, -0.1) is 0 Å². The van der Waals surface area contributed by atoms with Crippen LogP contribution >= 0.6 is 0 Å². The monoisotopic (exact) mass is 783 g/mol. The number of phenols is 1. The first-order valence-corrected chi connectivity index (χ1v) is 21.0. The minimum absolute atomic E-state index is 0.0985. The van der Waals surface area contributed by atoms with Crippen molar-refractivity contribution in [1.82, 2.24) is 15.1 Å². The molecule has 10 rings (SSSR count). The number of benzene rings is 4. The summed E-state index contributed by atoms with van der Waals surface area (Å²) in [6.45, 7) is 8.32. The molecule has 58 heavy (non-hydrogen) atoms. The molecule has 6 aliphatic heterocycles. The molecule has 3 atom stereocenters. The van der Waals surface area contributed by atoms with Crippen molar-refractivity contribution in [2.45, 2.75) is 62.9 Å². The number of aromatic hydroxyl groups is 1. The van der Waals surface area contributed by atoms with Crippen LogP contribution in [0.4, 0.5) is 15.8 Å². The molecule has 300 valence electrons. The van der Waals surface area contributed by atoms with Crippen LogP contribution in [-0.2, 0) is 16.1 Å². The Kier molecular flexibility index (Phi) is 9.38. The summed E-state index contributed by atoms with van der Waals surface area (Å²) in [5, 5.41) is 12.5. The van der Waals surface area contributed by atoms with E-state index < -0.39 is 6.04 Å². The molecule has 6 heterocycles. The van der Waals surface area contributed by atoms with Crippen molar-refractivity contribution in [2.75, 3.05) is 62.2 Å². The van der Waals surface area contributed by atoms with Crippen LogP contribution in [0.3, 0.4) is 0 Å². The average molecular weight is 784 g/mol. The molecule has 4 aromatic carbocycles. The van der Waals surface area contributed by atoms with Crippen molar-refractivity contribution < 1.29 is 28.6 Å². The van der Waals surface area contributed by atoms with Gasteiger partial charge < -0.3 is 29.4 Å². The third-order valence-electron chi connectivity index (χ3n) is 14.0. The van der Waals surface area contributed by atoms with Gasteiger partial charge in [-0.2, -0.15) is 0 Å². The Hall–Kier alpha value is -5.42. The first-order chi connectivity index (χ1) is 28.2. The van der Waals surface area contributed by atoms with Gasteiger partial charge in [0.2, 0.25) is 11.8 Å². The second-order valence-corrected chi connectivity index (χ2v) is 17.6. The summed E-state index contributed by atoms with van der Waals surface area (Å²) in [5.41, 5.74) is 7.07. The maximum atomic E-state index is 15.1. The van der Waals surface area contributed by atoms with E-state index in [1.54, 1.807) is 23.1 Å². The van der Waals surface area contributed by atoms with Crippen molar-refractivity contribution in [2.24, 2.45) is 11.3 Å². The Bertz CT molecular complexity index is 2240. The average Bonchev–Trinajstić information content (AvgIpc) is 3.55. The SMILES string of the molecule is O=C1CCC(N2Cc3cc(N4CC5(CCN(CC6CCN(c7ccc([C@@H]8c9ccc(O)cc9OC[C@@H]8c8ccccc8F)cc7)CC6)CC5)C4)ccc3C2=O)C(=O)N1. The second-order valence-electron chi connectivity index (χ2n) is 17.6. The fraction of sp³-hybridized carbons (Fsp3) is 0.426. The van der Waals surface area contributed by atoms with E-state index in [9.17, 15) is 19.5 Å². The van der Waals surface area contributed by atoms with Gasteiger partial charge >= 0.3 is 0 Å². The fourth-order valence-corrected chi connectivity index (χ4v) is 10.7. The first-order valence-electron chi connectivity index (χ1n) is 21.0. The van der Waals surface area contributed by atoms with Gasteiger partial charge in [0.25, 0.3) is 5.91 Å². The molecule has 4 aromatic rings. The molecule has 11 heteroatoms. The summed E-state index contributed by atoms with van der Waals surface area (Å²) in [7, 11) is 0. The summed E-state index contributed by atoms with van der Waals surface area (Å²) in [6.07, 6.45) is 5.39. The molecule has 2 N–H and O–H groups in total. The lowest BCUT2D eigenvalue weighted by Gasteiger charge is -2.55. The van der Waals surface area contributed by atoms with Crippen LogP contribution in [0.15, 0.2) is 84.9 Å². The number of fused-ring (bicyclic) bond motifs is 2. The molecule has 1 unspecified atom stereocenters. The number of carbonyl (C=O) groups excluding carboxylic acids is 3. The third kappa shape index (κ3) is 6.76. The van der Waals surface area contributed by atoms with Crippen molar-refractivity contribution in [1.29, 1.82) is 0 Å². The number of anilines is 2. The number of halogens is 1. The van der Waals surface area contributed by atoms with Gasteiger partial charge in [-0.25, -0.2) is 4.39 Å². The Morgan fingerprint density at radius 3 is 2.33 bits per heavy atom. The second kappa shape index (κ2) is 14.8. The minimum Gasteiger partial charge on any atom is -0.508 e. The smallest absolute Gasteiger partial charge is 0.255 e. The minimum atomic E-state index is -0.590. The highest BCUT2D eigenvalue weighted by molar-refractivity contribution is 6.05. The number of nitrogens with zero attached hydrogens (tertiary/aromatic N) is 4. The van der Waals surface area contributed by atoms with Gasteiger partial charge in [-0.3, -0.25) is 19.7 Å². The van der Waals surface area contributed by atoms with Crippen LogP contribution in [0.2, 0.25) is 0 Å². The van der Waals surface area contributed by atoms with Crippen LogP contribution in [0, 0.1) is 17.2 Å². The number of rotatable bonds is 7. The molecule has 4 saturated heterocycles. The van der Waals surface area contributed by atoms with Gasteiger partial charge in [0.05, 0.1) is 6.61 Å². The molecular formula is C47H50FN5O5. The number of piperidine rings is 3. The van der Waals surface area contributed by atoms with Crippen molar-refractivity contribution in [3.8, 4) is 11.5 Å². The van der Waals surface area contributed by atoms with E-state index in [1.165, 1.54) is 37.4 Å². The highest BCUT2D eigenvalue weighted by atomic mass is 19.1. The summed E-state index contributed by atoms with van der Waals surface area (Å²) in [4.78, 5) is 46.5. The Morgan fingerprint density at radius 1 is 0.810 bits per heavy atom. The van der Waals surface area contributed by atoms with Crippen LogP contribution in [-0.4, -0.2) is 91.1 Å². The van der Waals surface area contributed by atoms with Crippen LogP contribution in [0.25, 0.3) is 0 Å². The van der Waals surface area contributed by atoms with E-state index in [0.717, 1.165) is 68.2 Å². The maximum absolute atomic E-state index is 15.1. The molecule has 6 aliphatic rings. The largest absolute Gasteiger partial charge is 0.508 e. The van der Waals surface area contributed by atoms with Crippen LogP contribution in [0.1, 0.15) is 83.0 Å². The predicted molar refractivity (Wildman–Crippen MR) is 219 cm³/mol. The van der Waals surface area contributed by atoms with Gasteiger partial charge in [0.1, 0.15) is 23.4 Å². The number of nitrogens with one attached hydrogen (secondary N) is 1. The zero-order valence-corrected chi connectivity index (χ0v) is 32.7. The van der Waals surface area contributed by atoms with Crippen LogP contribution < -0.4 is 19.9 Å². The number of amides is 3. The van der Waals surface area contributed by atoms with E-state index in [2.05, 4.69) is 56.4 Å². The van der Waals surface area contributed by atoms with E-state index >= 15 is 4.39 Å². The van der Waals surface area contributed by atoms with Gasteiger partial charge in [0, 0.05) is 91.5 Å². The first kappa shape index (κ1) is 36.9. The van der Waals surface area contributed by atoms with Gasteiger partial charge in [0.15, 0.2) is 0 Å². The Morgan fingerprint density at radius 2 is 1.57 bits per heavy atom. The van der Waals surface area contributed by atoms with Crippen molar-refractivity contribution >= 4 is 29.1 Å². The van der Waals surface area contributed by atoms with E-state index in [0.29, 0.717) is 47.8 Å². The van der Waals surface area contributed by atoms with Crippen LogP contribution in [0.5, 0.6) is 11.5 Å². The zero-order valence-electron chi connectivity index (χ0n) is 32.7. The number of likely N-dealkylation sites (tertiary alicyclic amines) is 1. The summed E-state index contributed by atoms with van der Waals surface area (Å²) >= 11 is 0. The molecule has 1 spiro atoms. The summed E-state index contributed by atoms with van der Waals surface area (Å²) in [6, 6.07) is 26.5. The quantitative estimate of drug-likeness (QED) is 0.207. The molecule has 0 bridgehead atoms.